The molecule has 3 rings (SSSR count). The fraction of sp³-hybridized carbons (Fsp3) is 0.348. The third-order valence-electron chi connectivity index (χ3n) is 4.48. The molecule has 0 spiro atoms. The van der Waals surface area contributed by atoms with Crippen molar-refractivity contribution < 1.29 is 18.8 Å². The van der Waals surface area contributed by atoms with Gasteiger partial charge in [0.2, 0.25) is 11.7 Å². The standard InChI is InChI=1S/C23H27N3O4/c1-5-28-19-13-12-18(14-20(19)29-6-2)23(27)26(16(3)4)15-21-24-22(25-30-21)17-10-8-7-9-11-17/h7-14,16H,5-6,15H2,1-4H3. The van der Waals surface area contributed by atoms with Crippen LogP contribution >= 0.6 is 0 Å². The molecule has 0 bridgehead atoms. The quantitative estimate of drug-likeness (QED) is 0.515. The Hall–Kier alpha value is -3.35. The molecule has 1 aromatic heterocycles. The van der Waals surface area contributed by atoms with E-state index in [1.807, 2.05) is 58.0 Å². The highest BCUT2D eigenvalue weighted by Gasteiger charge is 2.23. The van der Waals surface area contributed by atoms with E-state index in [1.165, 1.54) is 0 Å². The molecule has 0 saturated heterocycles. The van der Waals surface area contributed by atoms with Crippen molar-refractivity contribution in [3.8, 4) is 22.9 Å². The Morgan fingerprint density at radius 2 is 1.73 bits per heavy atom. The summed E-state index contributed by atoms with van der Waals surface area (Å²) in [6, 6.07) is 14.7. The van der Waals surface area contributed by atoms with Crippen LogP contribution in [0.3, 0.4) is 0 Å². The number of ether oxygens (including phenoxy) is 2. The van der Waals surface area contributed by atoms with Crippen LogP contribution < -0.4 is 9.47 Å². The molecule has 0 saturated carbocycles. The van der Waals surface area contributed by atoms with Crippen LogP contribution in [0.5, 0.6) is 11.5 Å². The number of hydrogen-bond acceptors (Lipinski definition) is 6. The largest absolute Gasteiger partial charge is 0.490 e. The smallest absolute Gasteiger partial charge is 0.254 e. The first-order valence-corrected chi connectivity index (χ1v) is 10.1. The summed E-state index contributed by atoms with van der Waals surface area (Å²) in [6.07, 6.45) is 0. The molecule has 0 aliphatic heterocycles. The van der Waals surface area contributed by atoms with Crippen molar-refractivity contribution in [1.82, 2.24) is 15.0 Å². The molecular formula is C23H27N3O4. The van der Waals surface area contributed by atoms with Crippen molar-refractivity contribution >= 4 is 5.91 Å². The van der Waals surface area contributed by atoms with Crippen LogP contribution in [0.25, 0.3) is 11.4 Å². The third-order valence-corrected chi connectivity index (χ3v) is 4.48. The summed E-state index contributed by atoms with van der Waals surface area (Å²) in [5, 5.41) is 4.04. The van der Waals surface area contributed by atoms with Gasteiger partial charge in [0.05, 0.1) is 13.2 Å². The maximum atomic E-state index is 13.2. The molecule has 7 heteroatoms. The van der Waals surface area contributed by atoms with Crippen LogP contribution in [0.1, 0.15) is 43.9 Å². The zero-order chi connectivity index (χ0) is 21.5. The van der Waals surface area contributed by atoms with Gasteiger partial charge < -0.3 is 18.9 Å². The maximum Gasteiger partial charge on any atom is 0.254 e. The highest BCUT2D eigenvalue weighted by molar-refractivity contribution is 5.95. The minimum Gasteiger partial charge on any atom is -0.490 e. The summed E-state index contributed by atoms with van der Waals surface area (Å²) in [7, 11) is 0. The van der Waals surface area contributed by atoms with E-state index in [2.05, 4.69) is 10.1 Å². The summed E-state index contributed by atoms with van der Waals surface area (Å²) in [6.45, 7) is 8.92. The van der Waals surface area contributed by atoms with Crippen LogP contribution in [0, 0.1) is 0 Å². The predicted octanol–water partition coefficient (Wildman–Crippen LogP) is 4.58. The second-order valence-electron chi connectivity index (χ2n) is 6.93. The molecule has 0 N–H and O–H groups in total. The molecule has 0 atom stereocenters. The predicted molar refractivity (Wildman–Crippen MR) is 114 cm³/mol. The molecule has 1 amide bonds. The average molecular weight is 409 g/mol. The summed E-state index contributed by atoms with van der Waals surface area (Å²) in [4.78, 5) is 19.4. The average Bonchev–Trinajstić information content (AvgIpc) is 3.22. The van der Waals surface area contributed by atoms with Crippen molar-refractivity contribution in [3.05, 3.63) is 60.0 Å². The molecule has 3 aromatic rings. The number of carbonyl (C=O) groups excluding carboxylic acids is 1. The maximum absolute atomic E-state index is 13.2. The molecule has 0 radical (unpaired) electrons. The van der Waals surface area contributed by atoms with E-state index < -0.39 is 0 Å². The molecule has 0 fully saturated rings. The van der Waals surface area contributed by atoms with Gasteiger partial charge in [-0.1, -0.05) is 35.5 Å². The zero-order valence-corrected chi connectivity index (χ0v) is 17.8. The zero-order valence-electron chi connectivity index (χ0n) is 17.8. The highest BCUT2D eigenvalue weighted by Crippen LogP contribution is 2.29. The van der Waals surface area contributed by atoms with Gasteiger partial charge in [0, 0.05) is 17.2 Å². The Balaban J connectivity index is 1.82. The van der Waals surface area contributed by atoms with Crippen LogP contribution in [0.2, 0.25) is 0 Å². The normalized spacial score (nSPS) is 10.8. The van der Waals surface area contributed by atoms with Gasteiger partial charge >= 0.3 is 0 Å². The lowest BCUT2D eigenvalue weighted by Crippen LogP contribution is -2.36. The first-order chi connectivity index (χ1) is 14.5. The molecule has 0 unspecified atom stereocenters. The van der Waals surface area contributed by atoms with Gasteiger partial charge in [-0.2, -0.15) is 4.98 Å². The van der Waals surface area contributed by atoms with Crippen molar-refractivity contribution in [1.29, 1.82) is 0 Å². The number of amides is 1. The highest BCUT2D eigenvalue weighted by atomic mass is 16.5. The molecule has 7 nitrogen and oxygen atoms in total. The van der Waals surface area contributed by atoms with E-state index >= 15 is 0 Å². The SMILES string of the molecule is CCOc1ccc(C(=O)N(Cc2nc(-c3ccccc3)no2)C(C)C)cc1OCC. The third kappa shape index (κ3) is 4.97. The lowest BCUT2D eigenvalue weighted by molar-refractivity contribution is 0.0667. The molecule has 158 valence electrons. The van der Waals surface area contributed by atoms with Crippen molar-refractivity contribution in [2.24, 2.45) is 0 Å². The second kappa shape index (κ2) is 9.91. The summed E-state index contributed by atoms with van der Waals surface area (Å²) in [5.41, 5.74) is 1.38. The summed E-state index contributed by atoms with van der Waals surface area (Å²) < 4.78 is 16.6. The number of rotatable bonds is 9. The van der Waals surface area contributed by atoms with Gasteiger partial charge in [-0.3, -0.25) is 4.79 Å². The molecule has 0 aliphatic carbocycles. The van der Waals surface area contributed by atoms with E-state index in [0.29, 0.717) is 42.0 Å². The number of nitrogens with zero attached hydrogens (tertiary/aromatic N) is 3. The molecule has 1 heterocycles. The van der Waals surface area contributed by atoms with E-state index in [4.69, 9.17) is 14.0 Å². The van der Waals surface area contributed by atoms with Gasteiger partial charge in [0.15, 0.2) is 11.5 Å². The van der Waals surface area contributed by atoms with Crippen molar-refractivity contribution in [2.45, 2.75) is 40.3 Å². The first-order valence-electron chi connectivity index (χ1n) is 10.1. The van der Waals surface area contributed by atoms with Crippen LogP contribution in [-0.4, -0.2) is 40.2 Å². The Morgan fingerprint density at radius 1 is 1.03 bits per heavy atom. The van der Waals surface area contributed by atoms with Crippen LogP contribution in [-0.2, 0) is 6.54 Å². The fourth-order valence-electron chi connectivity index (χ4n) is 3.01. The first kappa shape index (κ1) is 21.4. The Bertz CT molecular complexity index is 970. The summed E-state index contributed by atoms with van der Waals surface area (Å²) in [5.74, 6) is 1.91. The van der Waals surface area contributed by atoms with Gasteiger partial charge in [0.25, 0.3) is 5.91 Å². The molecular weight excluding hydrogens is 382 g/mol. The van der Waals surface area contributed by atoms with Crippen molar-refractivity contribution in [2.75, 3.05) is 13.2 Å². The van der Waals surface area contributed by atoms with Gasteiger partial charge in [-0.25, -0.2) is 0 Å². The van der Waals surface area contributed by atoms with Crippen LogP contribution in [0.15, 0.2) is 53.1 Å². The molecule has 30 heavy (non-hydrogen) atoms. The van der Waals surface area contributed by atoms with Crippen LogP contribution in [0.4, 0.5) is 0 Å². The number of hydrogen-bond donors (Lipinski definition) is 0. The number of benzene rings is 2. The minimum atomic E-state index is -0.145. The van der Waals surface area contributed by atoms with Gasteiger partial charge in [-0.15, -0.1) is 0 Å². The topological polar surface area (TPSA) is 77.7 Å². The summed E-state index contributed by atoms with van der Waals surface area (Å²) >= 11 is 0. The van der Waals surface area contributed by atoms with Gasteiger partial charge in [-0.05, 0) is 45.9 Å². The van der Waals surface area contributed by atoms with Gasteiger partial charge in [0.1, 0.15) is 6.54 Å². The Labute approximate surface area is 176 Å². The lowest BCUT2D eigenvalue weighted by Gasteiger charge is -2.25. The number of aromatic nitrogens is 2. The lowest BCUT2D eigenvalue weighted by atomic mass is 10.1. The Kier molecular flexibility index (Phi) is 7.06. The van der Waals surface area contributed by atoms with E-state index in [-0.39, 0.29) is 18.5 Å². The molecule has 0 aliphatic rings. The van der Waals surface area contributed by atoms with Crippen molar-refractivity contribution in [3.63, 3.8) is 0 Å². The minimum absolute atomic E-state index is 0.0633. The van der Waals surface area contributed by atoms with E-state index in [0.717, 1.165) is 5.56 Å². The monoisotopic (exact) mass is 409 g/mol. The van der Waals surface area contributed by atoms with E-state index in [1.54, 1.807) is 23.1 Å². The van der Waals surface area contributed by atoms with E-state index in [9.17, 15) is 4.79 Å². The fourth-order valence-corrected chi connectivity index (χ4v) is 3.01. The second-order valence-corrected chi connectivity index (χ2v) is 6.93. The number of carbonyl (C=O) groups is 1. The molecule has 2 aromatic carbocycles. The Morgan fingerprint density at radius 3 is 2.40 bits per heavy atom.